The highest BCUT2D eigenvalue weighted by Crippen LogP contribution is 2.28. The van der Waals surface area contributed by atoms with E-state index in [1.165, 1.54) is 5.56 Å². The molecular weight excluding hydrogens is 262 g/mol. The molecule has 0 aliphatic rings. The van der Waals surface area contributed by atoms with Crippen molar-refractivity contribution in [2.75, 3.05) is 0 Å². The van der Waals surface area contributed by atoms with Crippen LogP contribution in [0.4, 0.5) is 0 Å². The van der Waals surface area contributed by atoms with Gasteiger partial charge in [-0.05, 0) is 37.5 Å². The molecule has 3 rings (SSSR count). The maximum Gasteiger partial charge on any atom is 0.157 e. The van der Waals surface area contributed by atoms with Crippen molar-refractivity contribution < 1.29 is 0 Å². The average molecular weight is 279 g/mol. The first-order chi connectivity index (χ1) is 10.1. The minimum absolute atomic E-state index is 0.495. The summed E-state index contributed by atoms with van der Waals surface area (Å²) in [5.41, 5.74) is 4.41. The fourth-order valence-corrected chi connectivity index (χ4v) is 2.63. The van der Waals surface area contributed by atoms with Gasteiger partial charge < -0.3 is 5.41 Å². The van der Waals surface area contributed by atoms with Gasteiger partial charge >= 0.3 is 0 Å². The Hall–Kier alpha value is -2.56. The lowest BCUT2D eigenvalue weighted by Gasteiger charge is -2.08. The summed E-state index contributed by atoms with van der Waals surface area (Å²) in [6, 6.07) is 2.15. The Labute approximate surface area is 123 Å². The Bertz CT molecular complexity index is 818. The van der Waals surface area contributed by atoms with Crippen molar-refractivity contribution in [1.29, 1.82) is 5.41 Å². The lowest BCUT2D eigenvalue weighted by atomic mass is 10.1. The third kappa shape index (κ3) is 2.11. The maximum absolute atomic E-state index is 8.10. The van der Waals surface area contributed by atoms with E-state index in [9.17, 15) is 0 Å². The van der Waals surface area contributed by atoms with Gasteiger partial charge in [0, 0.05) is 24.0 Å². The SMILES string of the molecule is CCc1cnc2c(c1)c(C)c(C(C)=N)n2-c1cnccn1. The zero-order valence-corrected chi connectivity index (χ0v) is 12.4. The number of rotatable bonds is 3. The van der Waals surface area contributed by atoms with Crippen LogP contribution < -0.4 is 0 Å². The van der Waals surface area contributed by atoms with E-state index >= 15 is 0 Å². The molecule has 0 amide bonds. The predicted octanol–water partition coefficient (Wildman–Crippen LogP) is 3.07. The molecule has 3 aromatic rings. The number of nitrogens with zero attached hydrogens (tertiary/aromatic N) is 4. The van der Waals surface area contributed by atoms with Crippen molar-refractivity contribution in [2.24, 2.45) is 0 Å². The second-order valence-electron chi connectivity index (χ2n) is 5.07. The Morgan fingerprint density at radius 2 is 2.05 bits per heavy atom. The van der Waals surface area contributed by atoms with Crippen molar-refractivity contribution >= 4 is 16.7 Å². The van der Waals surface area contributed by atoms with E-state index in [0.29, 0.717) is 11.5 Å². The minimum Gasteiger partial charge on any atom is -0.303 e. The first-order valence-corrected chi connectivity index (χ1v) is 6.95. The molecule has 106 valence electrons. The Balaban J connectivity index is 2.41. The number of nitrogens with one attached hydrogen (secondary N) is 1. The molecule has 0 saturated heterocycles. The standard InChI is InChI=1S/C16H17N5/c1-4-12-7-13-10(2)15(11(3)17)21(16(13)20-8-12)14-9-18-5-6-19-14/h5-9,17H,4H2,1-3H3. The number of aryl methyl sites for hydroxylation is 2. The van der Waals surface area contributed by atoms with Crippen LogP contribution in [0.1, 0.15) is 30.7 Å². The second kappa shape index (κ2) is 5.09. The summed E-state index contributed by atoms with van der Waals surface area (Å²) < 4.78 is 1.92. The first-order valence-electron chi connectivity index (χ1n) is 6.95. The highest BCUT2D eigenvalue weighted by atomic mass is 15.1. The summed E-state index contributed by atoms with van der Waals surface area (Å²) in [6.45, 7) is 5.93. The largest absolute Gasteiger partial charge is 0.303 e. The van der Waals surface area contributed by atoms with Crippen LogP contribution in [0.25, 0.3) is 16.9 Å². The molecule has 0 unspecified atom stereocenters. The Morgan fingerprint density at radius 3 is 2.67 bits per heavy atom. The van der Waals surface area contributed by atoms with Gasteiger partial charge in [-0.3, -0.25) is 9.55 Å². The average Bonchev–Trinajstić information content (AvgIpc) is 2.81. The quantitative estimate of drug-likeness (QED) is 0.749. The fraction of sp³-hybridized carbons (Fsp3) is 0.250. The van der Waals surface area contributed by atoms with E-state index in [2.05, 4.69) is 27.9 Å². The molecule has 0 bridgehead atoms. The third-order valence-corrected chi connectivity index (χ3v) is 3.66. The molecule has 0 fully saturated rings. The van der Waals surface area contributed by atoms with E-state index in [4.69, 9.17) is 5.41 Å². The summed E-state index contributed by atoms with van der Waals surface area (Å²) in [5, 5.41) is 9.17. The van der Waals surface area contributed by atoms with Crippen LogP contribution in [-0.4, -0.2) is 25.2 Å². The molecule has 5 nitrogen and oxygen atoms in total. The number of fused-ring (bicyclic) bond motifs is 1. The molecule has 0 radical (unpaired) electrons. The molecule has 0 aliphatic heterocycles. The highest BCUT2D eigenvalue weighted by molar-refractivity contribution is 6.03. The van der Waals surface area contributed by atoms with Crippen LogP contribution in [0.2, 0.25) is 0 Å². The molecule has 0 atom stereocenters. The predicted molar refractivity (Wildman–Crippen MR) is 83.3 cm³/mol. The second-order valence-corrected chi connectivity index (χ2v) is 5.07. The molecule has 0 aliphatic carbocycles. The summed E-state index contributed by atoms with van der Waals surface area (Å²) in [7, 11) is 0. The Kier molecular flexibility index (Phi) is 3.25. The zero-order chi connectivity index (χ0) is 15.0. The summed E-state index contributed by atoms with van der Waals surface area (Å²) in [4.78, 5) is 13.1. The number of hydrogen-bond acceptors (Lipinski definition) is 4. The minimum atomic E-state index is 0.495. The van der Waals surface area contributed by atoms with Crippen LogP contribution in [0, 0.1) is 12.3 Å². The molecule has 0 saturated carbocycles. The van der Waals surface area contributed by atoms with Crippen molar-refractivity contribution in [2.45, 2.75) is 27.2 Å². The monoisotopic (exact) mass is 279 g/mol. The van der Waals surface area contributed by atoms with Gasteiger partial charge in [-0.15, -0.1) is 0 Å². The lowest BCUT2D eigenvalue weighted by molar-refractivity contribution is 0.976. The van der Waals surface area contributed by atoms with Gasteiger partial charge in [-0.25, -0.2) is 9.97 Å². The van der Waals surface area contributed by atoms with Gasteiger partial charge in [0.25, 0.3) is 0 Å². The summed E-state index contributed by atoms with van der Waals surface area (Å²) >= 11 is 0. The van der Waals surface area contributed by atoms with Gasteiger partial charge in [0.15, 0.2) is 5.82 Å². The molecule has 0 aromatic carbocycles. The number of pyridine rings is 1. The van der Waals surface area contributed by atoms with Gasteiger partial charge in [0.05, 0.1) is 17.6 Å². The van der Waals surface area contributed by atoms with Crippen molar-refractivity contribution in [1.82, 2.24) is 19.5 Å². The van der Waals surface area contributed by atoms with Crippen LogP contribution in [0.5, 0.6) is 0 Å². The maximum atomic E-state index is 8.10. The van der Waals surface area contributed by atoms with E-state index in [1.54, 1.807) is 25.5 Å². The fourth-order valence-electron chi connectivity index (χ4n) is 2.63. The third-order valence-electron chi connectivity index (χ3n) is 3.66. The van der Waals surface area contributed by atoms with E-state index in [1.807, 2.05) is 17.7 Å². The molecule has 5 heteroatoms. The lowest BCUT2D eigenvalue weighted by Crippen LogP contribution is -2.08. The summed E-state index contributed by atoms with van der Waals surface area (Å²) in [5.74, 6) is 0.689. The van der Waals surface area contributed by atoms with Crippen LogP contribution in [0.3, 0.4) is 0 Å². The first kappa shape index (κ1) is 13.4. The number of aromatic nitrogens is 4. The van der Waals surface area contributed by atoms with E-state index < -0.39 is 0 Å². The van der Waals surface area contributed by atoms with Crippen LogP contribution in [-0.2, 0) is 6.42 Å². The van der Waals surface area contributed by atoms with Crippen LogP contribution >= 0.6 is 0 Å². The topological polar surface area (TPSA) is 67.5 Å². The molecule has 1 N–H and O–H groups in total. The molecule has 3 aromatic heterocycles. The van der Waals surface area contributed by atoms with E-state index in [-0.39, 0.29) is 0 Å². The van der Waals surface area contributed by atoms with Crippen LogP contribution in [0.15, 0.2) is 30.9 Å². The molecular formula is C16H17N5. The van der Waals surface area contributed by atoms with Gasteiger partial charge in [0.1, 0.15) is 5.65 Å². The summed E-state index contributed by atoms with van der Waals surface area (Å²) in [6.07, 6.45) is 7.82. The van der Waals surface area contributed by atoms with Gasteiger partial charge in [-0.1, -0.05) is 6.92 Å². The van der Waals surface area contributed by atoms with Gasteiger partial charge in [0.2, 0.25) is 0 Å². The molecule has 21 heavy (non-hydrogen) atoms. The highest BCUT2D eigenvalue weighted by Gasteiger charge is 2.19. The molecule has 3 heterocycles. The Morgan fingerprint density at radius 1 is 1.24 bits per heavy atom. The van der Waals surface area contributed by atoms with Crippen molar-refractivity contribution in [3.63, 3.8) is 0 Å². The van der Waals surface area contributed by atoms with Crippen molar-refractivity contribution in [3.8, 4) is 5.82 Å². The van der Waals surface area contributed by atoms with Gasteiger partial charge in [-0.2, -0.15) is 0 Å². The smallest absolute Gasteiger partial charge is 0.157 e. The zero-order valence-electron chi connectivity index (χ0n) is 12.4. The normalized spacial score (nSPS) is 11.0. The number of hydrogen-bond donors (Lipinski definition) is 1. The molecule has 0 spiro atoms. The van der Waals surface area contributed by atoms with E-state index in [0.717, 1.165) is 28.7 Å². The van der Waals surface area contributed by atoms with Crippen molar-refractivity contribution in [3.05, 3.63) is 47.7 Å².